The van der Waals surface area contributed by atoms with Gasteiger partial charge in [-0.1, -0.05) is 24.3 Å². The van der Waals surface area contributed by atoms with Gasteiger partial charge < -0.3 is 10.1 Å². The molecular formula is C20H20N6O2. The van der Waals surface area contributed by atoms with Crippen LogP contribution in [0.15, 0.2) is 59.7 Å². The van der Waals surface area contributed by atoms with Gasteiger partial charge in [0.1, 0.15) is 5.39 Å². The van der Waals surface area contributed by atoms with E-state index in [-0.39, 0.29) is 11.7 Å². The van der Waals surface area contributed by atoms with Gasteiger partial charge >= 0.3 is 0 Å². The average Bonchev–Trinajstić information content (AvgIpc) is 3.12. The molecule has 8 heteroatoms. The molecule has 0 bridgehead atoms. The van der Waals surface area contributed by atoms with Gasteiger partial charge in [-0.25, -0.2) is 9.67 Å². The molecule has 0 aliphatic carbocycles. The summed E-state index contributed by atoms with van der Waals surface area (Å²) in [6, 6.07) is 13.3. The molecule has 0 aliphatic heterocycles. The predicted molar refractivity (Wildman–Crippen MR) is 107 cm³/mol. The van der Waals surface area contributed by atoms with E-state index in [1.54, 1.807) is 10.9 Å². The molecule has 2 N–H and O–H groups in total. The fourth-order valence-electron chi connectivity index (χ4n) is 2.77. The minimum absolute atomic E-state index is 0.0759. The summed E-state index contributed by atoms with van der Waals surface area (Å²) in [5.74, 6) is 0.955. The molecule has 0 atom stereocenters. The first-order chi connectivity index (χ1) is 13.6. The van der Waals surface area contributed by atoms with Gasteiger partial charge in [0.2, 0.25) is 11.8 Å². The number of ether oxygens (including phenoxy) is 1. The van der Waals surface area contributed by atoms with Crippen LogP contribution in [0, 0.1) is 0 Å². The van der Waals surface area contributed by atoms with E-state index in [1.807, 2.05) is 56.3 Å². The number of fused-ring (bicyclic) bond motifs is 1. The Morgan fingerprint density at radius 3 is 2.68 bits per heavy atom. The van der Waals surface area contributed by atoms with Crippen LogP contribution < -0.4 is 15.6 Å². The highest BCUT2D eigenvalue weighted by Crippen LogP contribution is 2.15. The van der Waals surface area contributed by atoms with Gasteiger partial charge in [-0.15, -0.1) is 0 Å². The van der Waals surface area contributed by atoms with Gasteiger partial charge in [-0.3, -0.25) is 9.78 Å². The lowest BCUT2D eigenvalue weighted by Gasteiger charge is -2.09. The number of hydrogen-bond donors (Lipinski definition) is 2. The minimum Gasteiger partial charge on any atom is -0.475 e. The van der Waals surface area contributed by atoms with Crippen LogP contribution in [0.1, 0.15) is 19.4 Å². The zero-order valence-corrected chi connectivity index (χ0v) is 15.6. The summed E-state index contributed by atoms with van der Waals surface area (Å²) < 4.78 is 7.19. The molecule has 0 amide bonds. The molecular weight excluding hydrogens is 356 g/mol. The van der Waals surface area contributed by atoms with E-state index in [9.17, 15) is 4.79 Å². The number of nitrogens with zero attached hydrogens (tertiary/aromatic N) is 4. The summed E-state index contributed by atoms with van der Waals surface area (Å²) in [6.45, 7) is 4.37. The van der Waals surface area contributed by atoms with E-state index >= 15 is 0 Å². The van der Waals surface area contributed by atoms with Crippen molar-refractivity contribution in [2.75, 3.05) is 5.32 Å². The number of pyridine rings is 1. The van der Waals surface area contributed by atoms with Gasteiger partial charge in [0.15, 0.2) is 5.65 Å². The van der Waals surface area contributed by atoms with Crippen LogP contribution in [0.25, 0.3) is 16.7 Å². The Labute approximate surface area is 161 Å². The van der Waals surface area contributed by atoms with Crippen LogP contribution in [-0.2, 0) is 6.54 Å². The summed E-state index contributed by atoms with van der Waals surface area (Å²) in [7, 11) is 0. The number of hydrogen-bond acceptors (Lipinski definition) is 6. The lowest BCUT2D eigenvalue weighted by molar-refractivity contribution is 0.232. The molecule has 0 aliphatic rings. The molecule has 0 saturated heterocycles. The first kappa shape index (κ1) is 17.7. The summed E-state index contributed by atoms with van der Waals surface area (Å²) in [4.78, 5) is 23.9. The molecule has 3 aromatic heterocycles. The quantitative estimate of drug-likeness (QED) is 0.537. The molecule has 142 valence electrons. The molecule has 0 spiro atoms. The first-order valence-corrected chi connectivity index (χ1v) is 8.99. The number of aromatic nitrogens is 5. The maximum atomic E-state index is 12.4. The van der Waals surface area contributed by atoms with Gasteiger partial charge in [-0.2, -0.15) is 10.1 Å². The van der Waals surface area contributed by atoms with Crippen molar-refractivity contribution < 1.29 is 4.74 Å². The van der Waals surface area contributed by atoms with Gasteiger partial charge in [-0.05, 0) is 31.5 Å². The van der Waals surface area contributed by atoms with Gasteiger partial charge in [0.05, 0.1) is 18.0 Å². The Hall–Kier alpha value is -3.68. The monoisotopic (exact) mass is 376 g/mol. The molecule has 0 fully saturated rings. The Bertz CT molecular complexity index is 1130. The SMILES string of the molecule is CC(C)Oc1ccc(CNc2nc3c(cnn3-c3ccccc3)c(=O)[nH]2)cn1. The number of nitrogens with one attached hydrogen (secondary N) is 2. The molecule has 1 aromatic carbocycles. The fraction of sp³-hybridized carbons (Fsp3) is 0.200. The molecule has 0 radical (unpaired) electrons. The van der Waals surface area contributed by atoms with Crippen LogP contribution >= 0.6 is 0 Å². The van der Waals surface area contributed by atoms with E-state index in [0.717, 1.165) is 11.3 Å². The maximum Gasteiger partial charge on any atom is 0.263 e. The molecule has 4 rings (SSSR count). The summed E-state index contributed by atoms with van der Waals surface area (Å²) in [5.41, 5.74) is 2.03. The van der Waals surface area contributed by atoms with E-state index in [2.05, 4.69) is 25.4 Å². The molecule has 0 unspecified atom stereocenters. The highest BCUT2D eigenvalue weighted by Gasteiger charge is 2.11. The van der Waals surface area contributed by atoms with Gasteiger partial charge in [0, 0.05) is 18.8 Å². The zero-order valence-electron chi connectivity index (χ0n) is 15.6. The van der Waals surface area contributed by atoms with Gasteiger partial charge in [0.25, 0.3) is 5.56 Å². The number of para-hydroxylation sites is 1. The Morgan fingerprint density at radius 1 is 1.14 bits per heavy atom. The lowest BCUT2D eigenvalue weighted by atomic mass is 10.3. The predicted octanol–water partition coefficient (Wildman–Crippen LogP) is 2.90. The Morgan fingerprint density at radius 2 is 1.96 bits per heavy atom. The summed E-state index contributed by atoms with van der Waals surface area (Å²) in [6.07, 6.45) is 3.33. The molecule has 0 saturated carbocycles. The molecule has 28 heavy (non-hydrogen) atoms. The molecule has 8 nitrogen and oxygen atoms in total. The minimum atomic E-state index is -0.242. The summed E-state index contributed by atoms with van der Waals surface area (Å²) in [5, 5.41) is 7.87. The molecule has 3 heterocycles. The van der Waals surface area contributed by atoms with Crippen molar-refractivity contribution in [3.63, 3.8) is 0 Å². The van der Waals surface area contributed by atoms with Crippen molar-refractivity contribution in [1.82, 2.24) is 24.7 Å². The second-order valence-electron chi connectivity index (χ2n) is 6.57. The van der Waals surface area contributed by atoms with Crippen molar-refractivity contribution in [2.24, 2.45) is 0 Å². The Balaban J connectivity index is 1.57. The largest absolute Gasteiger partial charge is 0.475 e. The van der Waals surface area contributed by atoms with E-state index < -0.39 is 0 Å². The second kappa shape index (κ2) is 7.51. The van der Waals surface area contributed by atoms with E-state index in [1.165, 1.54) is 6.20 Å². The highest BCUT2D eigenvalue weighted by molar-refractivity contribution is 5.76. The van der Waals surface area contributed by atoms with Crippen molar-refractivity contribution in [3.05, 3.63) is 70.8 Å². The van der Waals surface area contributed by atoms with Crippen molar-refractivity contribution >= 4 is 17.0 Å². The smallest absolute Gasteiger partial charge is 0.263 e. The summed E-state index contributed by atoms with van der Waals surface area (Å²) >= 11 is 0. The normalized spacial score (nSPS) is 11.1. The van der Waals surface area contributed by atoms with Crippen LogP contribution in [0.5, 0.6) is 5.88 Å². The van der Waals surface area contributed by atoms with Crippen LogP contribution in [0.3, 0.4) is 0 Å². The number of anilines is 1. The third-order valence-electron chi connectivity index (χ3n) is 4.05. The first-order valence-electron chi connectivity index (χ1n) is 8.99. The zero-order chi connectivity index (χ0) is 19.5. The number of rotatable bonds is 6. The van der Waals surface area contributed by atoms with E-state index in [4.69, 9.17) is 4.74 Å². The third kappa shape index (κ3) is 3.71. The second-order valence-corrected chi connectivity index (χ2v) is 6.57. The van der Waals surface area contributed by atoms with Crippen LogP contribution in [0.2, 0.25) is 0 Å². The number of H-pyrrole nitrogens is 1. The number of aromatic amines is 1. The lowest BCUT2D eigenvalue weighted by Crippen LogP contribution is -2.14. The average molecular weight is 376 g/mol. The fourth-order valence-corrected chi connectivity index (χ4v) is 2.77. The van der Waals surface area contributed by atoms with E-state index in [0.29, 0.717) is 29.4 Å². The molecule has 4 aromatic rings. The van der Waals surface area contributed by atoms with Crippen molar-refractivity contribution in [1.29, 1.82) is 0 Å². The number of benzene rings is 1. The van der Waals surface area contributed by atoms with Crippen LogP contribution in [-0.4, -0.2) is 30.8 Å². The maximum absolute atomic E-state index is 12.4. The van der Waals surface area contributed by atoms with Crippen molar-refractivity contribution in [3.8, 4) is 11.6 Å². The Kier molecular flexibility index (Phi) is 4.76. The highest BCUT2D eigenvalue weighted by atomic mass is 16.5. The third-order valence-corrected chi connectivity index (χ3v) is 4.05. The van der Waals surface area contributed by atoms with Crippen molar-refractivity contribution in [2.45, 2.75) is 26.5 Å². The van der Waals surface area contributed by atoms with Crippen LogP contribution in [0.4, 0.5) is 5.95 Å². The standard InChI is InChI=1S/C20H20N6O2/c1-13(2)28-17-9-8-14(10-21-17)11-22-20-24-18-16(19(27)25-20)12-23-26(18)15-6-4-3-5-7-15/h3-10,12-13H,11H2,1-2H3,(H2,22,24,25,27). The topological polar surface area (TPSA) is 97.7 Å².